The number of hydrogen-bond acceptors (Lipinski definition) is 4. The Morgan fingerprint density at radius 2 is 2.00 bits per heavy atom. The van der Waals surface area contributed by atoms with Crippen LogP contribution in [0.5, 0.6) is 0 Å². The molecule has 0 fully saturated rings. The fourth-order valence-corrected chi connectivity index (χ4v) is 1.50. The Morgan fingerprint density at radius 1 is 1.44 bits per heavy atom. The lowest BCUT2D eigenvalue weighted by molar-refractivity contribution is -0.523. The van der Waals surface area contributed by atoms with Crippen molar-refractivity contribution in [1.82, 2.24) is 0 Å². The van der Waals surface area contributed by atoms with Crippen molar-refractivity contribution >= 4 is 5.78 Å². The van der Waals surface area contributed by atoms with Gasteiger partial charge in [0.2, 0.25) is 6.04 Å². The summed E-state index contributed by atoms with van der Waals surface area (Å²) in [7, 11) is 0. The normalized spacial score (nSPS) is 14.1. The molecule has 2 N–H and O–H groups in total. The maximum Gasteiger partial charge on any atom is 0.235 e. The first-order valence-electron chi connectivity index (χ1n) is 5.06. The second-order valence-electron chi connectivity index (χ2n) is 3.52. The molecule has 5 nitrogen and oxygen atoms in total. The lowest BCUT2D eigenvalue weighted by Crippen LogP contribution is -2.45. The van der Waals surface area contributed by atoms with E-state index >= 15 is 0 Å². The molecule has 0 saturated heterocycles. The van der Waals surface area contributed by atoms with E-state index in [1.165, 1.54) is 0 Å². The van der Waals surface area contributed by atoms with Crippen LogP contribution in [0.2, 0.25) is 0 Å². The molecule has 16 heavy (non-hydrogen) atoms. The van der Waals surface area contributed by atoms with Gasteiger partial charge in [0.25, 0.3) is 0 Å². The molecule has 5 heteroatoms. The number of carbonyl (C=O) groups excluding carboxylic acids is 1. The van der Waals surface area contributed by atoms with Gasteiger partial charge in [-0.1, -0.05) is 37.3 Å². The topological polar surface area (TPSA) is 86.2 Å². The molecule has 1 rings (SSSR count). The van der Waals surface area contributed by atoms with Crippen molar-refractivity contribution in [2.24, 2.45) is 5.73 Å². The molecule has 0 aliphatic rings. The van der Waals surface area contributed by atoms with Gasteiger partial charge in [0, 0.05) is 16.9 Å². The predicted octanol–water partition coefficient (Wildman–Crippen LogP) is 1.25. The predicted molar refractivity (Wildman–Crippen MR) is 59.8 cm³/mol. The highest BCUT2D eigenvalue weighted by atomic mass is 16.6. The maximum absolute atomic E-state index is 11.8. The van der Waals surface area contributed by atoms with Gasteiger partial charge >= 0.3 is 0 Å². The van der Waals surface area contributed by atoms with Gasteiger partial charge in [0.05, 0.1) is 0 Å². The van der Waals surface area contributed by atoms with E-state index in [1.54, 1.807) is 37.3 Å². The first kappa shape index (κ1) is 12.3. The lowest BCUT2D eigenvalue weighted by atomic mass is 9.97. The number of nitrogens with zero attached hydrogens (tertiary/aromatic N) is 1. The van der Waals surface area contributed by atoms with Gasteiger partial charge in [-0.05, 0) is 0 Å². The number of rotatable bonds is 5. The lowest BCUT2D eigenvalue weighted by Gasteiger charge is -2.14. The third-order valence-electron chi connectivity index (χ3n) is 2.46. The van der Waals surface area contributed by atoms with Crippen LogP contribution < -0.4 is 5.73 Å². The van der Waals surface area contributed by atoms with Crippen LogP contribution in [0.15, 0.2) is 30.3 Å². The quantitative estimate of drug-likeness (QED) is 0.461. The van der Waals surface area contributed by atoms with Crippen molar-refractivity contribution in [3.8, 4) is 0 Å². The largest absolute Gasteiger partial charge is 0.315 e. The van der Waals surface area contributed by atoms with E-state index in [2.05, 4.69) is 0 Å². The minimum Gasteiger partial charge on any atom is -0.315 e. The number of carbonyl (C=O) groups is 1. The maximum atomic E-state index is 11.8. The average molecular weight is 222 g/mol. The zero-order valence-corrected chi connectivity index (χ0v) is 9.00. The second kappa shape index (κ2) is 5.37. The van der Waals surface area contributed by atoms with E-state index in [-0.39, 0.29) is 12.2 Å². The Balaban J connectivity index is 2.86. The summed E-state index contributed by atoms with van der Waals surface area (Å²) in [5, 5.41) is 10.7. The Bertz CT molecular complexity index is 378. The van der Waals surface area contributed by atoms with E-state index in [0.29, 0.717) is 5.56 Å². The monoisotopic (exact) mass is 222 g/mol. The van der Waals surface area contributed by atoms with Crippen LogP contribution in [0.25, 0.3) is 0 Å². The summed E-state index contributed by atoms with van der Waals surface area (Å²) < 4.78 is 0. The molecule has 0 amide bonds. The second-order valence-corrected chi connectivity index (χ2v) is 3.52. The van der Waals surface area contributed by atoms with Crippen LogP contribution in [-0.4, -0.2) is 22.8 Å². The number of Topliss-reactive ketones (excluding diaryl/α,β-unsaturated/α-hetero) is 1. The van der Waals surface area contributed by atoms with Crippen molar-refractivity contribution in [1.29, 1.82) is 0 Å². The number of ketones is 1. The Morgan fingerprint density at radius 3 is 2.44 bits per heavy atom. The van der Waals surface area contributed by atoms with E-state index in [9.17, 15) is 14.9 Å². The fourth-order valence-electron chi connectivity index (χ4n) is 1.50. The van der Waals surface area contributed by atoms with Crippen LogP contribution in [0.4, 0.5) is 0 Å². The molecule has 0 aliphatic carbocycles. The van der Waals surface area contributed by atoms with Crippen LogP contribution in [0.3, 0.4) is 0 Å². The van der Waals surface area contributed by atoms with E-state index in [1.807, 2.05) is 0 Å². The van der Waals surface area contributed by atoms with E-state index in [0.717, 1.165) is 0 Å². The van der Waals surface area contributed by atoms with E-state index < -0.39 is 17.0 Å². The first-order valence-corrected chi connectivity index (χ1v) is 5.06. The summed E-state index contributed by atoms with van der Waals surface area (Å²) in [6, 6.07) is 6.28. The third-order valence-corrected chi connectivity index (χ3v) is 2.46. The summed E-state index contributed by atoms with van der Waals surface area (Å²) >= 11 is 0. The molecule has 0 heterocycles. The molecule has 1 aromatic carbocycles. The zero-order valence-electron chi connectivity index (χ0n) is 9.00. The molecular weight excluding hydrogens is 208 g/mol. The standard InChI is InChI=1S/C11H14N2O3/c1-2-9(13(15)16)10(12)11(14)8-6-4-3-5-7-8/h3-7,9-10H,2,12H2,1H3. The number of hydrogen-bond donors (Lipinski definition) is 1. The minimum atomic E-state index is -1.08. The van der Waals surface area contributed by atoms with Crippen molar-refractivity contribution in [3.63, 3.8) is 0 Å². The van der Waals surface area contributed by atoms with Crippen LogP contribution >= 0.6 is 0 Å². The van der Waals surface area contributed by atoms with Crippen LogP contribution in [0.1, 0.15) is 23.7 Å². The highest BCUT2D eigenvalue weighted by Crippen LogP contribution is 2.09. The molecule has 0 radical (unpaired) electrons. The number of nitrogens with two attached hydrogens (primary N) is 1. The summed E-state index contributed by atoms with van der Waals surface area (Å²) in [4.78, 5) is 22.0. The van der Waals surface area contributed by atoms with Gasteiger partial charge in [-0.3, -0.25) is 14.9 Å². The van der Waals surface area contributed by atoms with Gasteiger partial charge in [0.1, 0.15) is 6.04 Å². The van der Waals surface area contributed by atoms with Gasteiger partial charge in [-0.2, -0.15) is 0 Å². The Kier molecular flexibility index (Phi) is 4.13. The molecule has 2 unspecified atom stereocenters. The fraction of sp³-hybridized carbons (Fsp3) is 0.364. The van der Waals surface area contributed by atoms with Gasteiger partial charge in [-0.15, -0.1) is 0 Å². The summed E-state index contributed by atoms with van der Waals surface area (Å²) in [5.74, 6) is -0.385. The highest BCUT2D eigenvalue weighted by Gasteiger charge is 2.32. The molecule has 2 atom stereocenters. The molecule has 0 spiro atoms. The summed E-state index contributed by atoms with van der Waals surface area (Å²) in [6.45, 7) is 1.64. The summed E-state index contributed by atoms with van der Waals surface area (Å²) in [6.07, 6.45) is 0.243. The number of nitro groups is 1. The molecule has 0 saturated carbocycles. The highest BCUT2D eigenvalue weighted by molar-refractivity contribution is 6.00. The van der Waals surface area contributed by atoms with Gasteiger partial charge in [0.15, 0.2) is 5.78 Å². The number of benzene rings is 1. The Labute approximate surface area is 93.4 Å². The van der Waals surface area contributed by atoms with Gasteiger partial charge < -0.3 is 5.73 Å². The third kappa shape index (κ3) is 2.64. The van der Waals surface area contributed by atoms with Crippen LogP contribution in [-0.2, 0) is 0 Å². The molecule has 1 aromatic rings. The first-order chi connectivity index (χ1) is 7.57. The van der Waals surface area contributed by atoms with Crippen LogP contribution in [0, 0.1) is 10.1 Å². The molecule has 0 aromatic heterocycles. The SMILES string of the molecule is CCC(C(N)C(=O)c1ccccc1)[N+](=O)[O-]. The van der Waals surface area contributed by atoms with Crippen molar-refractivity contribution in [2.75, 3.05) is 0 Å². The van der Waals surface area contributed by atoms with Gasteiger partial charge in [-0.25, -0.2) is 0 Å². The molecule has 0 aliphatic heterocycles. The molecule has 0 bridgehead atoms. The Hall–Kier alpha value is -1.75. The average Bonchev–Trinajstić information content (AvgIpc) is 2.29. The van der Waals surface area contributed by atoms with Crippen molar-refractivity contribution < 1.29 is 9.72 Å². The van der Waals surface area contributed by atoms with Crippen molar-refractivity contribution in [2.45, 2.75) is 25.4 Å². The minimum absolute atomic E-state index is 0.243. The van der Waals surface area contributed by atoms with E-state index in [4.69, 9.17) is 5.73 Å². The molecular formula is C11H14N2O3. The summed E-state index contributed by atoms with van der Waals surface area (Å²) in [5.41, 5.74) is 6.03. The van der Waals surface area contributed by atoms with Crippen molar-refractivity contribution in [3.05, 3.63) is 46.0 Å². The molecule has 86 valence electrons. The smallest absolute Gasteiger partial charge is 0.235 e. The zero-order chi connectivity index (χ0) is 12.1.